The van der Waals surface area contributed by atoms with Gasteiger partial charge in [0.05, 0.1) is 19.0 Å². The van der Waals surface area contributed by atoms with Crippen LogP contribution in [0.15, 0.2) is 12.4 Å². The van der Waals surface area contributed by atoms with Gasteiger partial charge in [0.2, 0.25) is 5.95 Å². The van der Waals surface area contributed by atoms with E-state index in [1.807, 2.05) is 0 Å². The smallest absolute Gasteiger partial charge is 0.225 e. The first kappa shape index (κ1) is 14.7. The summed E-state index contributed by atoms with van der Waals surface area (Å²) in [5, 5.41) is 0. The van der Waals surface area contributed by atoms with Gasteiger partial charge in [-0.15, -0.1) is 0 Å². The molecule has 6 heteroatoms. The van der Waals surface area contributed by atoms with Crippen LogP contribution in [0.5, 0.6) is 0 Å². The van der Waals surface area contributed by atoms with Crippen LogP contribution in [0.25, 0.3) is 0 Å². The van der Waals surface area contributed by atoms with Crippen molar-refractivity contribution in [2.75, 3.05) is 45.3 Å². The number of halogens is 1. The molecule has 116 valence electrons. The largest absolute Gasteiger partial charge is 0.383 e. The van der Waals surface area contributed by atoms with E-state index in [9.17, 15) is 4.39 Å². The highest BCUT2D eigenvalue weighted by atomic mass is 19.1. The molecule has 2 fully saturated rings. The number of hydrogen-bond acceptors (Lipinski definition) is 5. The molecule has 0 aromatic carbocycles. The fraction of sp³-hybridized carbons (Fsp3) is 0.733. The van der Waals surface area contributed by atoms with Crippen molar-refractivity contribution in [1.82, 2.24) is 14.9 Å². The SMILES string of the molecule is COCC1CC2(CCN(c3ncc(F)cn3)CC2)CN1C. The molecule has 0 N–H and O–H groups in total. The van der Waals surface area contributed by atoms with Gasteiger partial charge in [0.25, 0.3) is 0 Å². The number of anilines is 1. The predicted molar refractivity (Wildman–Crippen MR) is 78.8 cm³/mol. The Morgan fingerprint density at radius 1 is 1.33 bits per heavy atom. The van der Waals surface area contributed by atoms with E-state index in [2.05, 4.69) is 26.8 Å². The van der Waals surface area contributed by atoms with Gasteiger partial charge in [0, 0.05) is 32.8 Å². The van der Waals surface area contributed by atoms with Gasteiger partial charge >= 0.3 is 0 Å². The zero-order valence-electron chi connectivity index (χ0n) is 12.8. The Morgan fingerprint density at radius 3 is 2.62 bits per heavy atom. The number of rotatable bonds is 3. The van der Waals surface area contributed by atoms with E-state index >= 15 is 0 Å². The summed E-state index contributed by atoms with van der Waals surface area (Å²) < 4.78 is 18.2. The van der Waals surface area contributed by atoms with Crippen LogP contribution >= 0.6 is 0 Å². The third kappa shape index (κ3) is 3.01. The minimum atomic E-state index is -0.382. The Hall–Kier alpha value is -1.27. The molecular formula is C15H23FN4O. The highest BCUT2D eigenvalue weighted by molar-refractivity contribution is 5.30. The van der Waals surface area contributed by atoms with Crippen LogP contribution in [0.2, 0.25) is 0 Å². The number of ether oxygens (including phenoxy) is 1. The molecule has 1 unspecified atom stereocenters. The van der Waals surface area contributed by atoms with E-state index in [1.54, 1.807) is 7.11 Å². The van der Waals surface area contributed by atoms with Gasteiger partial charge in [-0.1, -0.05) is 0 Å². The first-order valence-corrected chi connectivity index (χ1v) is 7.54. The molecule has 21 heavy (non-hydrogen) atoms. The topological polar surface area (TPSA) is 41.5 Å². The fourth-order valence-electron chi connectivity index (χ4n) is 3.77. The van der Waals surface area contributed by atoms with E-state index < -0.39 is 0 Å². The van der Waals surface area contributed by atoms with Gasteiger partial charge in [-0.25, -0.2) is 14.4 Å². The van der Waals surface area contributed by atoms with E-state index in [0.717, 1.165) is 39.1 Å². The lowest BCUT2D eigenvalue weighted by Crippen LogP contribution is -2.42. The molecular weight excluding hydrogens is 271 g/mol. The van der Waals surface area contributed by atoms with E-state index in [4.69, 9.17) is 4.74 Å². The van der Waals surface area contributed by atoms with Crippen molar-refractivity contribution in [2.45, 2.75) is 25.3 Å². The molecule has 1 atom stereocenters. The van der Waals surface area contributed by atoms with Crippen LogP contribution in [0, 0.1) is 11.2 Å². The number of aromatic nitrogens is 2. The molecule has 1 aromatic rings. The zero-order chi connectivity index (χ0) is 14.9. The summed E-state index contributed by atoms with van der Waals surface area (Å²) in [7, 11) is 3.96. The standard InChI is InChI=1S/C15H23FN4O/c1-19-11-15(7-13(19)10-21-2)3-5-20(6-4-15)14-17-8-12(16)9-18-14/h8-9,13H,3-7,10-11H2,1-2H3. The fourth-order valence-corrected chi connectivity index (χ4v) is 3.77. The molecule has 3 heterocycles. The normalized spacial score (nSPS) is 25.7. The first-order valence-electron chi connectivity index (χ1n) is 7.54. The van der Waals surface area contributed by atoms with Gasteiger partial charge in [0.1, 0.15) is 0 Å². The van der Waals surface area contributed by atoms with Gasteiger partial charge in [-0.3, -0.25) is 0 Å². The van der Waals surface area contributed by atoms with Crippen molar-refractivity contribution in [3.05, 3.63) is 18.2 Å². The van der Waals surface area contributed by atoms with Crippen molar-refractivity contribution in [3.63, 3.8) is 0 Å². The predicted octanol–water partition coefficient (Wildman–Crippen LogP) is 1.55. The maximum Gasteiger partial charge on any atom is 0.225 e. The Morgan fingerprint density at radius 2 is 2.00 bits per heavy atom. The highest BCUT2D eigenvalue weighted by Crippen LogP contribution is 2.43. The van der Waals surface area contributed by atoms with Gasteiger partial charge < -0.3 is 14.5 Å². The van der Waals surface area contributed by atoms with E-state index in [1.165, 1.54) is 18.8 Å². The van der Waals surface area contributed by atoms with Crippen LogP contribution < -0.4 is 4.90 Å². The van der Waals surface area contributed by atoms with E-state index in [0.29, 0.717) is 17.4 Å². The summed E-state index contributed by atoms with van der Waals surface area (Å²) in [5.41, 5.74) is 0.397. The Kier molecular flexibility index (Phi) is 4.08. The lowest BCUT2D eigenvalue weighted by atomic mass is 9.76. The summed E-state index contributed by atoms with van der Waals surface area (Å²) in [5.74, 6) is 0.262. The third-order valence-corrected chi connectivity index (χ3v) is 4.95. The lowest BCUT2D eigenvalue weighted by molar-refractivity contribution is 0.129. The molecule has 0 radical (unpaired) electrons. The van der Waals surface area contributed by atoms with Crippen LogP contribution in [-0.4, -0.2) is 61.3 Å². The molecule has 0 saturated carbocycles. The first-order chi connectivity index (χ1) is 10.1. The lowest BCUT2D eigenvalue weighted by Gasteiger charge is -2.39. The maximum atomic E-state index is 12.9. The zero-order valence-corrected chi connectivity index (χ0v) is 12.8. The summed E-state index contributed by atoms with van der Waals surface area (Å²) in [6.45, 7) is 3.83. The number of nitrogens with zero attached hydrogens (tertiary/aromatic N) is 4. The summed E-state index contributed by atoms with van der Waals surface area (Å²) in [4.78, 5) is 12.8. The molecule has 0 aliphatic carbocycles. The molecule has 0 bridgehead atoms. The summed E-state index contributed by atoms with van der Waals surface area (Å²) in [6.07, 6.45) is 5.96. The number of methoxy groups -OCH3 is 1. The summed E-state index contributed by atoms with van der Waals surface area (Å²) >= 11 is 0. The Balaban J connectivity index is 1.61. The average molecular weight is 294 g/mol. The van der Waals surface area contributed by atoms with Crippen molar-refractivity contribution in [2.24, 2.45) is 5.41 Å². The molecule has 1 aromatic heterocycles. The molecule has 3 rings (SSSR count). The second-order valence-electron chi connectivity index (χ2n) is 6.42. The van der Waals surface area contributed by atoms with E-state index in [-0.39, 0.29) is 5.82 Å². The van der Waals surface area contributed by atoms with Crippen LogP contribution in [-0.2, 0) is 4.74 Å². The average Bonchev–Trinajstić information content (AvgIpc) is 2.77. The molecule has 0 amide bonds. The monoisotopic (exact) mass is 294 g/mol. The molecule has 2 aliphatic rings. The van der Waals surface area contributed by atoms with Gasteiger partial charge in [-0.05, 0) is 31.7 Å². The maximum absolute atomic E-state index is 12.9. The minimum Gasteiger partial charge on any atom is -0.383 e. The quantitative estimate of drug-likeness (QED) is 0.846. The van der Waals surface area contributed by atoms with Crippen LogP contribution in [0.3, 0.4) is 0 Å². The van der Waals surface area contributed by atoms with Crippen LogP contribution in [0.1, 0.15) is 19.3 Å². The second-order valence-corrected chi connectivity index (χ2v) is 6.42. The second kappa shape index (κ2) is 5.85. The van der Waals surface area contributed by atoms with Crippen molar-refractivity contribution < 1.29 is 9.13 Å². The molecule has 2 saturated heterocycles. The third-order valence-electron chi connectivity index (χ3n) is 4.95. The van der Waals surface area contributed by atoms with Crippen LogP contribution in [0.4, 0.5) is 10.3 Å². The highest BCUT2D eigenvalue weighted by Gasteiger charge is 2.44. The van der Waals surface area contributed by atoms with Crippen molar-refractivity contribution in [3.8, 4) is 0 Å². The minimum absolute atomic E-state index is 0.382. The Bertz CT molecular complexity index is 473. The number of piperidine rings is 1. The number of hydrogen-bond donors (Lipinski definition) is 0. The van der Waals surface area contributed by atoms with Gasteiger partial charge in [-0.2, -0.15) is 0 Å². The molecule has 5 nitrogen and oxygen atoms in total. The Labute approximate surface area is 125 Å². The number of likely N-dealkylation sites (N-methyl/N-ethyl adjacent to an activating group) is 1. The molecule has 2 aliphatic heterocycles. The van der Waals surface area contributed by atoms with Crippen molar-refractivity contribution in [1.29, 1.82) is 0 Å². The van der Waals surface area contributed by atoms with Crippen molar-refractivity contribution >= 4 is 5.95 Å². The summed E-state index contributed by atoms with van der Waals surface area (Å²) in [6, 6.07) is 0.531. The number of likely N-dealkylation sites (tertiary alicyclic amines) is 1. The molecule has 1 spiro atoms. The van der Waals surface area contributed by atoms with Gasteiger partial charge in [0.15, 0.2) is 5.82 Å².